The standard InChI is InChI=1S/C13H19Cl2NO2/c1-9(12(17)18)13(5-7-15)4-2-10(3-6-14)8-11(13)16/h2,4,8-9,11H,3,5-7,16H2,1H3,(H,17,18). The first-order valence-electron chi connectivity index (χ1n) is 5.98. The summed E-state index contributed by atoms with van der Waals surface area (Å²) in [6, 6.07) is -0.342. The molecule has 0 aromatic rings. The Hall–Kier alpha value is -0.510. The summed E-state index contributed by atoms with van der Waals surface area (Å²) in [5.74, 6) is -0.514. The Bertz CT molecular complexity index is 368. The quantitative estimate of drug-likeness (QED) is 0.740. The summed E-state index contributed by atoms with van der Waals surface area (Å²) >= 11 is 11.5. The van der Waals surface area contributed by atoms with E-state index in [1.54, 1.807) is 6.92 Å². The Balaban J connectivity index is 3.02. The highest BCUT2D eigenvalue weighted by molar-refractivity contribution is 6.18. The fourth-order valence-corrected chi connectivity index (χ4v) is 2.93. The van der Waals surface area contributed by atoms with Crippen LogP contribution in [0.5, 0.6) is 0 Å². The van der Waals surface area contributed by atoms with Crippen LogP contribution >= 0.6 is 23.2 Å². The minimum Gasteiger partial charge on any atom is -0.481 e. The molecule has 3 N–H and O–H groups in total. The summed E-state index contributed by atoms with van der Waals surface area (Å²) in [7, 11) is 0. The number of halogens is 2. The van der Waals surface area contributed by atoms with Gasteiger partial charge in [-0.2, -0.15) is 0 Å². The normalized spacial score (nSPS) is 28.9. The Kier molecular flexibility index (Phi) is 5.70. The van der Waals surface area contributed by atoms with Gasteiger partial charge in [0, 0.05) is 23.2 Å². The van der Waals surface area contributed by atoms with Crippen molar-refractivity contribution < 1.29 is 9.90 Å². The molecule has 0 heterocycles. The second-order valence-corrected chi connectivity index (χ2v) is 5.41. The second-order valence-electron chi connectivity index (χ2n) is 4.65. The zero-order chi connectivity index (χ0) is 13.8. The largest absolute Gasteiger partial charge is 0.481 e. The van der Waals surface area contributed by atoms with Crippen molar-refractivity contribution >= 4 is 29.2 Å². The van der Waals surface area contributed by atoms with Crippen LogP contribution in [0, 0.1) is 11.3 Å². The van der Waals surface area contributed by atoms with Gasteiger partial charge in [0.05, 0.1) is 5.92 Å². The van der Waals surface area contributed by atoms with Gasteiger partial charge in [0.2, 0.25) is 0 Å². The molecule has 3 atom stereocenters. The van der Waals surface area contributed by atoms with E-state index in [0.717, 1.165) is 12.0 Å². The third-order valence-electron chi connectivity index (χ3n) is 3.71. The molecule has 18 heavy (non-hydrogen) atoms. The summed E-state index contributed by atoms with van der Waals surface area (Å²) in [4.78, 5) is 11.3. The molecule has 3 unspecified atom stereocenters. The van der Waals surface area contributed by atoms with Gasteiger partial charge in [-0.05, 0) is 18.4 Å². The van der Waals surface area contributed by atoms with Crippen molar-refractivity contribution in [3.05, 3.63) is 23.8 Å². The van der Waals surface area contributed by atoms with Gasteiger partial charge in [-0.1, -0.05) is 25.2 Å². The predicted molar refractivity (Wildman–Crippen MR) is 75.1 cm³/mol. The molecule has 0 aromatic heterocycles. The fraction of sp³-hybridized carbons (Fsp3) is 0.615. The van der Waals surface area contributed by atoms with E-state index in [4.69, 9.17) is 28.9 Å². The maximum Gasteiger partial charge on any atom is 0.307 e. The number of alkyl halides is 2. The van der Waals surface area contributed by atoms with Crippen LogP contribution in [0.3, 0.4) is 0 Å². The molecule has 0 saturated carbocycles. The number of carboxylic acids is 1. The second kappa shape index (κ2) is 6.60. The molecule has 102 valence electrons. The Labute approximate surface area is 118 Å². The SMILES string of the molecule is CC(C(=O)O)C1(CCCl)C=CC(CCCl)=CC1N. The van der Waals surface area contributed by atoms with Crippen molar-refractivity contribution in [1.82, 2.24) is 0 Å². The van der Waals surface area contributed by atoms with E-state index in [1.807, 2.05) is 18.2 Å². The van der Waals surface area contributed by atoms with Gasteiger partial charge in [-0.15, -0.1) is 23.2 Å². The predicted octanol–water partition coefficient (Wildman–Crippen LogP) is 2.77. The molecular formula is C13H19Cl2NO2. The summed E-state index contributed by atoms with van der Waals surface area (Å²) in [6.45, 7) is 1.68. The van der Waals surface area contributed by atoms with E-state index in [-0.39, 0.29) is 6.04 Å². The number of hydrogen-bond donors (Lipinski definition) is 2. The molecule has 0 amide bonds. The van der Waals surface area contributed by atoms with Gasteiger partial charge < -0.3 is 10.8 Å². The number of aliphatic carboxylic acids is 1. The van der Waals surface area contributed by atoms with Crippen LogP contribution in [0.25, 0.3) is 0 Å². The van der Waals surface area contributed by atoms with Crippen molar-refractivity contribution in [2.24, 2.45) is 17.1 Å². The molecule has 0 saturated heterocycles. The van der Waals surface area contributed by atoms with Crippen LogP contribution < -0.4 is 5.73 Å². The molecule has 0 radical (unpaired) electrons. The molecule has 1 rings (SSSR count). The van der Waals surface area contributed by atoms with Gasteiger partial charge in [-0.25, -0.2) is 0 Å². The molecule has 0 fully saturated rings. The molecule has 5 heteroatoms. The zero-order valence-corrected chi connectivity index (χ0v) is 11.9. The van der Waals surface area contributed by atoms with Crippen molar-refractivity contribution in [1.29, 1.82) is 0 Å². The summed E-state index contributed by atoms with van der Waals surface area (Å²) in [6.07, 6.45) is 7.03. The number of carbonyl (C=O) groups is 1. The lowest BCUT2D eigenvalue weighted by Crippen LogP contribution is -2.48. The van der Waals surface area contributed by atoms with Crippen LogP contribution in [-0.4, -0.2) is 28.9 Å². The van der Waals surface area contributed by atoms with E-state index in [2.05, 4.69) is 0 Å². The van der Waals surface area contributed by atoms with Crippen LogP contribution in [0.15, 0.2) is 23.8 Å². The number of nitrogens with two attached hydrogens (primary N) is 1. The average Bonchev–Trinajstić information content (AvgIpc) is 2.32. The summed E-state index contributed by atoms with van der Waals surface area (Å²) in [5.41, 5.74) is 6.61. The maximum absolute atomic E-state index is 11.3. The summed E-state index contributed by atoms with van der Waals surface area (Å²) < 4.78 is 0. The highest BCUT2D eigenvalue weighted by Crippen LogP contribution is 2.41. The lowest BCUT2D eigenvalue weighted by Gasteiger charge is -2.40. The third-order valence-corrected chi connectivity index (χ3v) is 4.09. The minimum absolute atomic E-state index is 0.342. The van der Waals surface area contributed by atoms with Crippen molar-refractivity contribution in [2.75, 3.05) is 11.8 Å². The van der Waals surface area contributed by atoms with Crippen molar-refractivity contribution in [2.45, 2.75) is 25.8 Å². The molecular weight excluding hydrogens is 273 g/mol. The van der Waals surface area contributed by atoms with E-state index in [0.29, 0.717) is 18.2 Å². The Morgan fingerprint density at radius 3 is 2.67 bits per heavy atom. The number of rotatable bonds is 6. The molecule has 0 aliphatic heterocycles. The monoisotopic (exact) mass is 291 g/mol. The van der Waals surface area contributed by atoms with E-state index in [1.165, 1.54) is 0 Å². The highest BCUT2D eigenvalue weighted by Gasteiger charge is 2.43. The summed E-state index contributed by atoms with van der Waals surface area (Å²) in [5, 5.41) is 9.24. The van der Waals surface area contributed by atoms with E-state index in [9.17, 15) is 9.90 Å². The highest BCUT2D eigenvalue weighted by atomic mass is 35.5. The van der Waals surface area contributed by atoms with Gasteiger partial charge in [0.15, 0.2) is 0 Å². The van der Waals surface area contributed by atoms with Crippen molar-refractivity contribution in [3.63, 3.8) is 0 Å². The first-order chi connectivity index (χ1) is 8.47. The van der Waals surface area contributed by atoms with Crippen LogP contribution in [-0.2, 0) is 4.79 Å². The lowest BCUT2D eigenvalue weighted by molar-refractivity contribution is -0.145. The molecule has 1 aliphatic carbocycles. The molecule has 3 nitrogen and oxygen atoms in total. The zero-order valence-electron chi connectivity index (χ0n) is 10.4. The van der Waals surface area contributed by atoms with Gasteiger partial charge in [0.25, 0.3) is 0 Å². The molecule has 0 spiro atoms. The van der Waals surface area contributed by atoms with Gasteiger partial charge in [0.1, 0.15) is 0 Å². The first kappa shape index (κ1) is 15.5. The lowest BCUT2D eigenvalue weighted by atomic mass is 9.66. The Morgan fingerprint density at radius 2 is 2.22 bits per heavy atom. The van der Waals surface area contributed by atoms with Gasteiger partial charge >= 0.3 is 5.97 Å². The number of hydrogen-bond acceptors (Lipinski definition) is 2. The van der Waals surface area contributed by atoms with E-state index < -0.39 is 17.3 Å². The molecule has 0 aromatic carbocycles. The molecule has 0 bridgehead atoms. The average molecular weight is 292 g/mol. The molecule has 1 aliphatic rings. The number of carboxylic acid groups (broad SMARTS) is 1. The van der Waals surface area contributed by atoms with Gasteiger partial charge in [-0.3, -0.25) is 4.79 Å². The van der Waals surface area contributed by atoms with Crippen LogP contribution in [0.4, 0.5) is 0 Å². The Morgan fingerprint density at radius 1 is 1.56 bits per heavy atom. The fourth-order valence-electron chi connectivity index (χ4n) is 2.38. The topological polar surface area (TPSA) is 63.3 Å². The minimum atomic E-state index is -0.852. The van der Waals surface area contributed by atoms with E-state index >= 15 is 0 Å². The maximum atomic E-state index is 11.3. The third kappa shape index (κ3) is 3.08. The first-order valence-corrected chi connectivity index (χ1v) is 7.05. The van der Waals surface area contributed by atoms with Crippen LogP contribution in [0.1, 0.15) is 19.8 Å². The number of allylic oxidation sites excluding steroid dienone is 2. The van der Waals surface area contributed by atoms with Crippen LogP contribution in [0.2, 0.25) is 0 Å². The smallest absolute Gasteiger partial charge is 0.307 e. The van der Waals surface area contributed by atoms with Crippen molar-refractivity contribution in [3.8, 4) is 0 Å².